The van der Waals surface area contributed by atoms with E-state index in [0.717, 1.165) is 50.5 Å². The lowest BCUT2D eigenvalue weighted by molar-refractivity contribution is -0.151. The molecule has 0 saturated carbocycles. The molecule has 138 valence electrons. The summed E-state index contributed by atoms with van der Waals surface area (Å²) in [6, 6.07) is 4.74. The van der Waals surface area contributed by atoms with Crippen LogP contribution in [0.1, 0.15) is 44.1 Å². The Morgan fingerprint density at radius 3 is 2.60 bits per heavy atom. The Bertz CT molecular complexity index is 618. The molecule has 2 aliphatic rings. The van der Waals surface area contributed by atoms with Gasteiger partial charge in [-0.25, -0.2) is 0 Å². The van der Waals surface area contributed by atoms with Gasteiger partial charge in [-0.3, -0.25) is 9.78 Å². The predicted molar refractivity (Wildman–Crippen MR) is 98.8 cm³/mol. The average molecular weight is 346 g/mol. The summed E-state index contributed by atoms with van der Waals surface area (Å²) in [4.78, 5) is 21.5. The summed E-state index contributed by atoms with van der Waals surface area (Å²) >= 11 is 0. The molecule has 25 heavy (non-hydrogen) atoms. The van der Waals surface area contributed by atoms with E-state index in [0.29, 0.717) is 6.04 Å². The zero-order chi connectivity index (χ0) is 18.0. The van der Waals surface area contributed by atoms with Gasteiger partial charge in [-0.1, -0.05) is 0 Å². The quantitative estimate of drug-likeness (QED) is 0.902. The molecule has 2 saturated heterocycles. The number of pyridine rings is 1. The van der Waals surface area contributed by atoms with Crippen LogP contribution in [0.15, 0.2) is 12.1 Å². The van der Waals surface area contributed by atoms with Crippen LogP contribution in [-0.4, -0.2) is 61.2 Å². The summed E-state index contributed by atoms with van der Waals surface area (Å²) in [6.07, 6.45) is 2.37. The summed E-state index contributed by atoms with van der Waals surface area (Å²) in [6.45, 7) is 9.92. The first-order chi connectivity index (χ1) is 11.9. The smallest absolute Gasteiger partial charge is 0.254 e. The van der Waals surface area contributed by atoms with Gasteiger partial charge >= 0.3 is 0 Å². The van der Waals surface area contributed by atoms with Crippen LogP contribution in [-0.2, 0) is 9.53 Å². The highest BCUT2D eigenvalue weighted by molar-refractivity contribution is 5.84. The number of amides is 1. The van der Waals surface area contributed by atoms with Crippen molar-refractivity contribution in [1.82, 2.24) is 15.2 Å². The van der Waals surface area contributed by atoms with Gasteiger partial charge in [0.2, 0.25) is 0 Å². The minimum Gasteiger partial charge on any atom is -0.369 e. The number of ether oxygens (including phenoxy) is 1. The second kappa shape index (κ2) is 7.30. The molecule has 0 bridgehead atoms. The van der Waals surface area contributed by atoms with E-state index in [-0.39, 0.29) is 5.91 Å². The molecule has 1 aromatic rings. The molecule has 3 rings (SSSR count). The highest BCUT2D eigenvalue weighted by Crippen LogP contribution is 2.27. The Labute approximate surface area is 150 Å². The number of nitrogens with zero attached hydrogens (tertiary/aromatic N) is 3. The maximum Gasteiger partial charge on any atom is 0.254 e. The SMILES string of the molecule is COC(C)(C)C(=O)N1CCN(c2cc(C)nc(C3CCCN3)c2)CC1. The van der Waals surface area contributed by atoms with Gasteiger partial charge in [0.15, 0.2) is 0 Å². The number of rotatable bonds is 4. The summed E-state index contributed by atoms with van der Waals surface area (Å²) in [5, 5.41) is 3.53. The number of aromatic nitrogens is 1. The molecule has 0 radical (unpaired) electrons. The van der Waals surface area contributed by atoms with Crippen molar-refractivity contribution < 1.29 is 9.53 Å². The van der Waals surface area contributed by atoms with Crippen LogP contribution < -0.4 is 10.2 Å². The third-order valence-corrected chi connectivity index (χ3v) is 5.33. The minimum absolute atomic E-state index is 0.0661. The molecular weight excluding hydrogens is 316 g/mol. The summed E-state index contributed by atoms with van der Waals surface area (Å²) in [5.74, 6) is 0.0661. The molecule has 2 aliphatic heterocycles. The van der Waals surface area contributed by atoms with E-state index in [4.69, 9.17) is 9.72 Å². The molecule has 0 spiro atoms. The van der Waals surface area contributed by atoms with Gasteiger partial charge in [0.05, 0.1) is 5.69 Å². The van der Waals surface area contributed by atoms with Crippen molar-refractivity contribution in [1.29, 1.82) is 0 Å². The van der Waals surface area contributed by atoms with Crippen LogP contribution in [0.4, 0.5) is 5.69 Å². The lowest BCUT2D eigenvalue weighted by Gasteiger charge is -2.39. The number of carbonyl (C=O) groups excluding carboxylic acids is 1. The van der Waals surface area contributed by atoms with Crippen LogP contribution in [0, 0.1) is 6.92 Å². The lowest BCUT2D eigenvalue weighted by Crippen LogP contribution is -2.54. The second-order valence-electron chi connectivity index (χ2n) is 7.53. The van der Waals surface area contributed by atoms with Gasteiger partial charge in [0.1, 0.15) is 5.60 Å². The summed E-state index contributed by atoms with van der Waals surface area (Å²) in [7, 11) is 1.59. The maximum absolute atomic E-state index is 12.5. The van der Waals surface area contributed by atoms with Crippen molar-refractivity contribution in [3.05, 3.63) is 23.5 Å². The highest BCUT2D eigenvalue weighted by atomic mass is 16.5. The number of nitrogens with one attached hydrogen (secondary N) is 1. The minimum atomic E-state index is -0.753. The van der Waals surface area contributed by atoms with Gasteiger partial charge in [-0.05, 0) is 52.3 Å². The number of aryl methyl sites for hydroxylation is 1. The molecule has 1 N–H and O–H groups in total. The van der Waals surface area contributed by atoms with Gasteiger partial charge in [-0.15, -0.1) is 0 Å². The van der Waals surface area contributed by atoms with Crippen molar-refractivity contribution >= 4 is 11.6 Å². The van der Waals surface area contributed by atoms with E-state index in [1.54, 1.807) is 7.11 Å². The molecule has 1 aromatic heterocycles. The van der Waals surface area contributed by atoms with Gasteiger partial charge in [0.25, 0.3) is 5.91 Å². The van der Waals surface area contributed by atoms with E-state index in [9.17, 15) is 4.79 Å². The highest BCUT2D eigenvalue weighted by Gasteiger charge is 2.33. The monoisotopic (exact) mass is 346 g/mol. The first kappa shape index (κ1) is 18.1. The molecule has 3 heterocycles. The second-order valence-corrected chi connectivity index (χ2v) is 7.53. The van der Waals surface area contributed by atoms with Crippen molar-refractivity contribution in [3.63, 3.8) is 0 Å². The van der Waals surface area contributed by atoms with E-state index in [1.165, 1.54) is 12.1 Å². The van der Waals surface area contributed by atoms with E-state index in [2.05, 4.69) is 29.3 Å². The summed E-state index contributed by atoms with van der Waals surface area (Å²) in [5.41, 5.74) is 2.66. The predicted octanol–water partition coefficient (Wildman–Crippen LogP) is 1.89. The number of hydrogen-bond donors (Lipinski definition) is 1. The number of carbonyl (C=O) groups is 1. The topological polar surface area (TPSA) is 57.7 Å². The molecule has 1 atom stereocenters. The Morgan fingerprint density at radius 2 is 2.00 bits per heavy atom. The van der Waals surface area contributed by atoms with Crippen LogP contribution in [0.2, 0.25) is 0 Å². The largest absolute Gasteiger partial charge is 0.369 e. The average Bonchev–Trinajstić information content (AvgIpc) is 3.15. The van der Waals surface area contributed by atoms with Gasteiger partial charge in [-0.2, -0.15) is 0 Å². The molecule has 1 unspecified atom stereocenters. The molecular formula is C19H30N4O2. The number of hydrogen-bond acceptors (Lipinski definition) is 5. The third kappa shape index (κ3) is 3.96. The maximum atomic E-state index is 12.5. The van der Waals surface area contributed by atoms with Gasteiger partial charge < -0.3 is 19.9 Å². The number of piperazine rings is 1. The molecule has 0 aliphatic carbocycles. The standard InChI is InChI=1S/C19H30N4O2/c1-14-12-15(13-17(21-14)16-6-5-7-20-16)22-8-10-23(11-9-22)18(24)19(2,3)25-4/h12-13,16,20H,5-11H2,1-4H3. The van der Waals surface area contributed by atoms with Crippen LogP contribution in [0.25, 0.3) is 0 Å². The first-order valence-electron chi connectivity index (χ1n) is 9.22. The first-order valence-corrected chi connectivity index (χ1v) is 9.22. The fourth-order valence-electron chi connectivity index (χ4n) is 3.61. The zero-order valence-corrected chi connectivity index (χ0v) is 15.8. The fourth-order valence-corrected chi connectivity index (χ4v) is 3.61. The van der Waals surface area contributed by atoms with Crippen molar-refractivity contribution in [2.24, 2.45) is 0 Å². The van der Waals surface area contributed by atoms with Crippen LogP contribution >= 0.6 is 0 Å². The zero-order valence-electron chi connectivity index (χ0n) is 15.8. The Hall–Kier alpha value is -1.66. The van der Waals surface area contributed by atoms with Crippen LogP contribution in [0.5, 0.6) is 0 Å². The lowest BCUT2D eigenvalue weighted by atomic mass is 10.1. The van der Waals surface area contributed by atoms with E-state index >= 15 is 0 Å². The van der Waals surface area contributed by atoms with Crippen LogP contribution in [0.3, 0.4) is 0 Å². The van der Waals surface area contributed by atoms with Gasteiger partial charge in [0, 0.05) is 50.7 Å². The fraction of sp³-hybridized carbons (Fsp3) is 0.684. The molecule has 6 heteroatoms. The Balaban J connectivity index is 1.68. The van der Waals surface area contributed by atoms with Crippen molar-refractivity contribution in [2.45, 2.75) is 45.3 Å². The molecule has 0 aromatic carbocycles. The molecule has 1 amide bonds. The summed E-state index contributed by atoms with van der Waals surface area (Å²) < 4.78 is 5.33. The van der Waals surface area contributed by atoms with Crippen molar-refractivity contribution in [3.8, 4) is 0 Å². The molecule has 6 nitrogen and oxygen atoms in total. The molecule has 2 fully saturated rings. The normalized spacial score (nSPS) is 21.7. The van der Waals surface area contributed by atoms with Crippen molar-refractivity contribution in [2.75, 3.05) is 44.7 Å². The number of methoxy groups -OCH3 is 1. The number of anilines is 1. The Kier molecular flexibility index (Phi) is 5.29. The van der Waals surface area contributed by atoms with E-state index in [1.807, 2.05) is 18.7 Å². The Morgan fingerprint density at radius 1 is 1.28 bits per heavy atom. The van der Waals surface area contributed by atoms with E-state index < -0.39 is 5.60 Å². The third-order valence-electron chi connectivity index (χ3n) is 5.33.